The molecule has 1 unspecified atom stereocenters. The summed E-state index contributed by atoms with van der Waals surface area (Å²) in [5, 5.41) is 4.30. The van der Waals surface area contributed by atoms with E-state index >= 15 is 0 Å². The van der Waals surface area contributed by atoms with Crippen LogP contribution in [-0.4, -0.2) is 32.3 Å². The fourth-order valence-electron chi connectivity index (χ4n) is 2.67. The number of thioether (sulfide) groups is 1. The van der Waals surface area contributed by atoms with Gasteiger partial charge < -0.3 is 5.73 Å². The average Bonchev–Trinajstić information content (AvgIpc) is 2.77. The summed E-state index contributed by atoms with van der Waals surface area (Å²) in [6.07, 6.45) is 6.31. The maximum atomic E-state index is 6.31. The first kappa shape index (κ1) is 14.9. The second kappa shape index (κ2) is 7.29. The quantitative estimate of drug-likeness (QED) is 0.870. The van der Waals surface area contributed by atoms with Crippen molar-refractivity contribution in [2.24, 2.45) is 17.6 Å². The van der Waals surface area contributed by atoms with Crippen LogP contribution in [0.2, 0.25) is 0 Å². The van der Waals surface area contributed by atoms with Gasteiger partial charge in [-0.05, 0) is 42.6 Å². The van der Waals surface area contributed by atoms with Gasteiger partial charge in [-0.2, -0.15) is 16.9 Å². The molecule has 0 spiro atoms. The fourth-order valence-corrected chi connectivity index (χ4v) is 3.88. The van der Waals surface area contributed by atoms with E-state index in [4.69, 9.17) is 5.73 Å². The van der Waals surface area contributed by atoms with Crippen molar-refractivity contribution >= 4 is 11.8 Å². The number of nitrogens with two attached hydrogens (primary N) is 1. The standard InChI is InChI=1S/C14H26N4S/c1-11(2)9-18-14(16-10-17-18)8-13(15)7-12-3-5-19-6-4-12/h10-13H,3-9,15H2,1-2H3. The highest BCUT2D eigenvalue weighted by atomic mass is 32.2. The Bertz CT molecular complexity index is 371. The molecule has 2 heterocycles. The van der Waals surface area contributed by atoms with Gasteiger partial charge in [0.05, 0.1) is 0 Å². The Kier molecular flexibility index (Phi) is 5.70. The SMILES string of the molecule is CC(C)Cn1ncnc1CC(N)CC1CCSCC1. The lowest BCUT2D eigenvalue weighted by atomic mass is 9.93. The molecule has 0 saturated carbocycles. The number of aromatic nitrogens is 3. The molecule has 108 valence electrons. The third kappa shape index (κ3) is 4.80. The maximum Gasteiger partial charge on any atom is 0.138 e. The van der Waals surface area contributed by atoms with Gasteiger partial charge in [0.2, 0.25) is 0 Å². The normalized spacial score (nSPS) is 18.9. The molecular weight excluding hydrogens is 256 g/mol. The number of hydrogen-bond acceptors (Lipinski definition) is 4. The molecule has 1 fully saturated rings. The van der Waals surface area contributed by atoms with E-state index in [2.05, 4.69) is 35.7 Å². The zero-order chi connectivity index (χ0) is 13.7. The Hall–Kier alpha value is -0.550. The first-order valence-corrected chi connectivity index (χ1v) is 8.50. The van der Waals surface area contributed by atoms with Gasteiger partial charge in [0.25, 0.3) is 0 Å². The molecule has 1 aromatic rings. The molecule has 5 heteroatoms. The van der Waals surface area contributed by atoms with Crippen LogP contribution in [0.25, 0.3) is 0 Å². The average molecular weight is 282 g/mol. The van der Waals surface area contributed by atoms with Crippen LogP contribution < -0.4 is 5.73 Å². The van der Waals surface area contributed by atoms with E-state index in [1.165, 1.54) is 24.3 Å². The van der Waals surface area contributed by atoms with Gasteiger partial charge in [-0.3, -0.25) is 0 Å². The third-order valence-corrected chi connectivity index (χ3v) is 4.70. The summed E-state index contributed by atoms with van der Waals surface area (Å²) in [6, 6.07) is 0.225. The fraction of sp³-hybridized carbons (Fsp3) is 0.857. The van der Waals surface area contributed by atoms with Crippen LogP contribution in [-0.2, 0) is 13.0 Å². The van der Waals surface area contributed by atoms with E-state index < -0.39 is 0 Å². The van der Waals surface area contributed by atoms with E-state index in [1.807, 2.05) is 4.68 Å². The number of rotatable bonds is 6. The Labute approximate surface area is 120 Å². The molecule has 2 rings (SSSR count). The lowest BCUT2D eigenvalue weighted by Crippen LogP contribution is -2.29. The summed E-state index contributed by atoms with van der Waals surface area (Å²) in [5.74, 6) is 5.07. The Morgan fingerprint density at radius 1 is 1.42 bits per heavy atom. The van der Waals surface area contributed by atoms with Gasteiger partial charge in [0.15, 0.2) is 0 Å². The second-order valence-electron chi connectivity index (χ2n) is 6.01. The molecule has 1 aliphatic heterocycles. The van der Waals surface area contributed by atoms with Crippen molar-refractivity contribution < 1.29 is 0 Å². The molecule has 19 heavy (non-hydrogen) atoms. The zero-order valence-corrected chi connectivity index (χ0v) is 12.9. The van der Waals surface area contributed by atoms with Crippen molar-refractivity contribution in [1.82, 2.24) is 14.8 Å². The smallest absolute Gasteiger partial charge is 0.138 e. The highest BCUT2D eigenvalue weighted by Gasteiger charge is 2.18. The maximum absolute atomic E-state index is 6.31. The minimum absolute atomic E-state index is 0.225. The van der Waals surface area contributed by atoms with Gasteiger partial charge in [-0.15, -0.1) is 0 Å². The predicted octanol–water partition coefficient (Wildman–Crippen LogP) is 2.34. The van der Waals surface area contributed by atoms with E-state index in [-0.39, 0.29) is 6.04 Å². The Morgan fingerprint density at radius 2 is 2.16 bits per heavy atom. The van der Waals surface area contributed by atoms with E-state index in [1.54, 1.807) is 6.33 Å². The highest BCUT2D eigenvalue weighted by Crippen LogP contribution is 2.26. The number of nitrogens with zero attached hydrogens (tertiary/aromatic N) is 3. The Morgan fingerprint density at radius 3 is 2.84 bits per heavy atom. The van der Waals surface area contributed by atoms with E-state index in [9.17, 15) is 0 Å². The van der Waals surface area contributed by atoms with Crippen LogP contribution in [0.4, 0.5) is 0 Å². The van der Waals surface area contributed by atoms with Gasteiger partial charge in [-0.1, -0.05) is 13.8 Å². The molecule has 0 bridgehead atoms. The molecule has 0 aromatic carbocycles. The zero-order valence-electron chi connectivity index (χ0n) is 12.1. The molecule has 1 aliphatic rings. The van der Waals surface area contributed by atoms with Crippen molar-refractivity contribution in [3.63, 3.8) is 0 Å². The molecular formula is C14H26N4S. The van der Waals surface area contributed by atoms with Crippen molar-refractivity contribution in [2.75, 3.05) is 11.5 Å². The molecule has 2 N–H and O–H groups in total. The third-order valence-electron chi connectivity index (χ3n) is 3.66. The Balaban J connectivity index is 1.84. The van der Waals surface area contributed by atoms with Crippen molar-refractivity contribution in [3.05, 3.63) is 12.2 Å². The lowest BCUT2D eigenvalue weighted by molar-refractivity contribution is 0.393. The van der Waals surface area contributed by atoms with Crippen LogP contribution in [0, 0.1) is 11.8 Å². The topological polar surface area (TPSA) is 56.7 Å². The minimum atomic E-state index is 0.225. The number of hydrogen-bond donors (Lipinski definition) is 1. The summed E-state index contributed by atoms with van der Waals surface area (Å²) >= 11 is 2.07. The largest absolute Gasteiger partial charge is 0.327 e. The van der Waals surface area contributed by atoms with Gasteiger partial charge >= 0.3 is 0 Å². The summed E-state index contributed by atoms with van der Waals surface area (Å²) < 4.78 is 2.02. The van der Waals surface area contributed by atoms with Crippen molar-refractivity contribution in [3.8, 4) is 0 Å². The molecule has 0 aliphatic carbocycles. The van der Waals surface area contributed by atoms with Crippen molar-refractivity contribution in [2.45, 2.75) is 52.1 Å². The molecule has 0 amide bonds. The minimum Gasteiger partial charge on any atom is -0.327 e. The monoisotopic (exact) mass is 282 g/mol. The summed E-state index contributed by atoms with van der Waals surface area (Å²) in [6.45, 7) is 5.33. The summed E-state index contributed by atoms with van der Waals surface area (Å²) in [4.78, 5) is 4.37. The molecule has 1 aromatic heterocycles. The van der Waals surface area contributed by atoms with Crippen LogP contribution in [0.5, 0.6) is 0 Å². The van der Waals surface area contributed by atoms with E-state index in [0.717, 1.165) is 31.1 Å². The lowest BCUT2D eigenvalue weighted by Gasteiger charge is -2.24. The van der Waals surface area contributed by atoms with Crippen LogP contribution in [0.15, 0.2) is 6.33 Å². The van der Waals surface area contributed by atoms with Crippen LogP contribution >= 0.6 is 11.8 Å². The molecule has 1 atom stereocenters. The van der Waals surface area contributed by atoms with Crippen LogP contribution in [0.3, 0.4) is 0 Å². The van der Waals surface area contributed by atoms with Gasteiger partial charge in [0, 0.05) is 19.0 Å². The summed E-state index contributed by atoms with van der Waals surface area (Å²) in [5.41, 5.74) is 6.31. The predicted molar refractivity (Wildman–Crippen MR) is 81.2 cm³/mol. The molecule has 1 saturated heterocycles. The van der Waals surface area contributed by atoms with Crippen molar-refractivity contribution in [1.29, 1.82) is 0 Å². The highest BCUT2D eigenvalue weighted by molar-refractivity contribution is 7.99. The molecule has 0 radical (unpaired) electrons. The first-order chi connectivity index (χ1) is 9.15. The summed E-state index contributed by atoms with van der Waals surface area (Å²) in [7, 11) is 0. The van der Waals surface area contributed by atoms with Crippen LogP contribution in [0.1, 0.15) is 38.9 Å². The molecule has 4 nitrogen and oxygen atoms in total. The van der Waals surface area contributed by atoms with Gasteiger partial charge in [-0.25, -0.2) is 9.67 Å². The first-order valence-electron chi connectivity index (χ1n) is 7.35. The van der Waals surface area contributed by atoms with Gasteiger partial charge in [0.1, 0.15) is 12.2 Å². The van der Waals surface area contributed by atoms with E-state index in [0.29, 0.717) is 5.92 Å². The second-order valence-corrected chi connectivity index (χ2v) is 7.23.